The molecule has 5 aromatic rings. The van der Waals surface area contributed by atoms with Gasteiger partial charge in [-0.1, -0.05) is 47.7 Å². The summed E-state index contributed by atoms with van der Waals surface area (Å²) in [6, 6.07) is 23.1. The van der Waals surface area contributed by atoms with E-state index in [0.717, 1.165) is 55.2 Å². The maximum absolute atomic E-state index is 5.43. The van der Waals surface area contributed by atoms with E-state index in [0.29, 0.717) is 0 Å². The summed E-state index contributed by atoms with van der Waals surface area (Å²) in [5.41, 5.74) is 6.84. The Labute approximate surface area is 198 Å². The van der Waals surface area contributed by atoms with Crippen LogP contribution in [-0.4, -0.2) is 9.97 Å². The monoisotopic (exact) mass is 428 g/mol. The number of benzene rings is 3. The summed E-state index contributed by atoms with van der Waals surface area (Å²) in [5, 5.41) is 1.90. The fraction of sp³-hybridized carbons (Fsp3) is 0. The standard InChI is InChI=1S/C32H16N2/c1-3-23-5-9-25(10-6-23)13-15-27-19-21-33-31-29(27)17-18-30-28(20-22-34-32(30)31)16-14-26-11-7-24(4-2)8-12-26/h1-2,5-12,17-22H. The summed E-state index contributed by atoms with van der Waals surface area (Å²) in [6.07, 6.45) is 14.4. The number of nitrogens with zero attached hydrogens (tertiary/aromatic N) is 2. The van der Waals surface area contributed by atoms with Gasteiger partial charge in [-0.3, -0.25) is 9.97 Å². The minimum atomic E-state index is 0.800. The largest absolute Gasteiger partial charge is 0.254 e. The van der Waals surface area contributed by atoms with Crippen LogP contribution >= 0.6 is 0 Å². The van der Waals surface area contributed by atoms with E-state index in [2.05, 4.69) is 45.5 Å². The van der Waals surface area contributed by atoms with Gasteiger partial charge in [0.15, 0.2) is 0 Å². The predicted molar refractivity (Wildman–Crippen MR) is 138 cm³/mol. The lowest BCUT2D eigenvalue weighted by atomic mass is 10.0. The third kappa shape index (κ3) is 4.09. The zero-order valence-corrected chi connectivity index (χ0v) is 18.1. The predicted octanol–water partition coefficient (Wildman–Crippen LogP) is 5.55. The molecule has 2 heteroatoms. The van der Waals surface area contributed by atoms with Crippen molar-refractivity contribution in [3.63, 3.8) is 0 Å². The lowest BCUT2D eigenvalue weighted by molar-refractivity contribution is 1.36. The quantitative estimate of drug-likeness (QED) is 0.239. The van der Waals surface area contributed by atoms with Gasteiger partial charge in [0.05, 0.1) is 11.0 Å². The van der Waals surface area contributed by atoms with Crippen molar-refractivity contribution in [2.75, 3.05) is 0 Å². The number of pyridine rings is 2. The van der Waals surface area contributed by atoms with E-state index in [1.54, 1.807) is 12.4 Å². The van der Waals surface area contributed by atoms with Gasteiger partial charge in [-0.15, -0.1) is 12.8 Å². The molecule has 2 nitrogen and oxygen atoms in total. The summed E-state index contributed by atoms with van der Waals surface area (Å²) in [4.78, 5) is 9.21. The molecule has 2 heterocycles. The summed E-state index contributed by atoms with van der Waals surface area (Å²) < 4.78 is 0. The van der Waals surface area contributed by atoms with Crippen LogP contribution in [0.4, 0.5) is 0 Å². The van der Waals surface area contributed by atoms with Crippen molar-refractivity contribution in [2.24, 2.45) is 0 Å². The van der Waals surface area contributed by atoms with E-state index < -0.39 is 0 Å². The van der Waals surface area contributed by atoms with Crippen molar-refractivity contribution in [2.45, 2.75) is 0 Å². The molecule has 0 aliphatic carbocycles. The van der Waals surface area contributed by atoms with Crippen LogP contribution in [0.2, 0.25) is 0 Å². The lowest BCUT2D eigenvalue weighted by Crippen LogP contribution is -1.90. The van der Waals surface area contributed by atoms with Crippen LogP contribution in [0.15, 0.2) is 85.2 Å². The van der Waals surface area contributed by atoms with Crippen LogP contribution in [-0.2, 0) is 0 Å². The molecule has 0 aliphatic heterocycles. The van der Waals surface area contributed by atoms with Gasteiger partial charge in [0.25, 0.3) is 0 Å². The first kappa shape index (κ1) is 20.6. The highest BCUT2D eigenvalue weighted by molar-refractivity contribution is 6.06. The lowest BCUT2D eigenvalue weighted by Gasteiger charge is -2.05. The molecule has 2 aromatic heterocycles. The minimum absolute atomic E-state index is 0.800. The third-order valence-corrected chi connectivity index (χ3v) is 5.41. The second-order valence-electron chi connectivity index (χ2n) is 7.52. The number of rotatable bonds is 0. The molecular formula is C32H16N2. The highest BCUT2D eigenvalue weighted by atomic mass is 14.7. The molecule has 0 spiro atoms. The number of fused-ring (bicyclic) bond motifs is 3. The Morgan fingerprint density at radius 2 is 0.824 bits per heavy atom. The Hall–Kier alpha value is -5.28. The normalized spacial score (nSPS) is 9.82. The van der Waals surface area contributed by atoms with Crippen molar-refractivity contribution in [1.82, 2.24) is 9.97 Å². The molecule has 34 heavy (non-hydrogen) atoms. The first-order valence-corrected chi connectivity index (χ1v) is 10.6. The average Bonchev–Trinajstić information content (AvgIpc) is 2.91. The van der Waals surface area contributed by atoms with Gasteiger partial charge in [-0.05, 0) is 60.7 Å². The Balaban J connectivity index is 1.56. The van der Waals surface area contributed by atoms with Crippen LogP contribution in [0.1, 0.15) is 33.4 Å². The highest BCUT2D eigenvalue weighted by Gasteiger charge is 2.08. The number of hydrogen-bond donors (Lipinski definition) is 0. The van der Waals surface area contributed by atoms with E-state index in [4.69, 9.17) is 12.8 Å². The fourth-order valence-electron chi connectivity index (χ4n) is 3.62. The van der Waals surface area contributed by atoms with Gasteiger partial charge < -0.3 is 0 Å². The van der Waals surface area contributed by atoms with Crippen LogP contribution in [0.5, 0.6) is 0 Å². The zero-order chi connectivity index (χ0) is 23.3. The summed E-state index contributed by atoms with van der Waals surface area (Å²) in [6.45, 7) is 0. The number of aromatic nitrogens is 2. The molecule has 0 saturated heterocycles. The van der Waals surface area contributed by atoms with Crippen molar-refractivity contribution in [3.8, 4) is 48.4 Å². The van der Waals surface area contributed by atoms with Gasteiger partial charge >= 0.3 is 0 Å². The second-order valence-corrected chi connectivity index (χ2v) is 7.52. The molecule has 0 atom stereocenters. The van der Waals surface area contributed by atoms with Crippen molar-refractivity contribution in [3.05, 3.63) is 119 Å². The second kappa shape index (κ2) is 9.07. The van der Waals surface area contributed by atoms with Gasteiger partial charge in [-0.25, -0.2) is 0 Å². The van der Waals surface area contributed by atoms with Crippen molar-refractivity contribution < 1.29 is 0 Å². The van der Waals surface area contributed by atoms with Gasteiger partial charge in [-0.2, -0.15) is 0 Å². The minimum Gasteiger partial charge on any atom is -0.254 e. The topological polar surface area (TPSA) is 25.8 Å². The molecule has 0 amide bonds. The average molecular weight is 428 g/mol. The van der Waals surface area contributed by atoms with Gasteiger partial charge in [0, 0.05) is 56.5 Å². The summed E-state index contributed by atoms with van der Waals surface area (Å²) >= 11 is 0. The highest BCUT2D eigenvalue weighted by Crippen LogP contribution is 2.26. The SMILES string of the molecule is C#Cc1ccc(C#Cc2ccnc3c2ccc2c(C#Cc4ccc(C#C)cc4)ccnc23)cc1. The molecule has 0 aliphatic rings. The van der Waals surface area contributed by atoms with Gasteiger partial charge in [0.1, 0.15) is 0 Å². The Morgan fingerprint density at radius 1 is 0.441 bits per heavy atom. The molecule has 0 fully saturated rings. The maximum atomic E-state index is 5.43. The molecule has 0 unspecified atom stereocenters. The molecule has 154 valence electrons. The maximum Gasteiger partial charge on any atom is 0.0977 e. The summed E-state index contributed by atoms with van der Waals surface area (Å²) in [7, 11) is 0. The zero-order valence-electron chi connectivity index (χ0n) is 18.1. The molecule has 0 saturated carbocycles. The molecule has 5 rings (SSSR count). The summed E-state index contributed by atoms with van der Waals surface area (Å²) in [5.74, 6) is 18.2. The molecule has 0 bridgehead atoms. The van der Waals surface area contributed by atoms with Crippen molar-refractivity contribution >= 4 is 21.8 Å². The Morgan fingerprint density at radius 3 is 1.21 bits per heavy atom. The van der Waals surface area contributed by atoms with Crippen LogP contribution in [0.3, 0.4) is 0 Å². The number of terminal acetylenes is 2. The molecule has 0 N–H and O–H groups in total. The van der Waals surface area contributed by atoms with E-state index in [9.17, 15) is 0 Å². The van der Waals surface area contributed by atoms with Gasteiger partial charge in [0.2, 0.25) is 0 Å². The van der Waals surface area contributed by atoms with Crippen LogP contribution in [0, 0.1) is 48.4 Å². The van der Waals surface area contributed by atoms with Crippen LogP contribution in [0.25, 0.3) is 21.8 Å². The third-order valence-electron chi connectivity index (χ3n) is 5.41. The number of hydrogen-bond acceptors (Lipinski definition) is 2. The first-order valence-electron chi connectivity index (χ1n) is 10.6. The first-order chi connectivity index (χ1) is 16.7. The van der Waals surface area contributed by atoms with Crippen LogP contribution < -0.4 is 0 Å². The molecule has 3 aromatic carbocycles. The molecule has 0 radical (unpaired) electrons. The van der Waals surface area contributed by atoms with E-state index >= 15 is 0 Å². The molecular weight excluding hydrogens is 412 g/mol. The van der Waals surface area contributed by atoms with E-state index in [-0.39, 0.29) is 0 Å². The smallest absolute Gasteiger partial charge is 0.0977 e. The Kier molecular flexibility index (Phi) is 5.50. The van der Waals surface area contributed by atoms with Crippen molar-refractivity contribution in [1.29, 1.82) is 0 Å². The van der Waals surface area contributed by atoms with E-state index in [1.165, 1.54) is 0 Å². The van der Waals surface area contributed by atoms with E-state index in [1.807, 2.05) is 72.8 Å². The Bertz CT molecular complexity index is 1620. The fourth-order valence-corrected chi connectivity index (χ4v) is 3.62.